The highest BCUT2D eigenvalue weighted by Gasteiger charge is 2.51. The van der Waals surface area contributed by atoms with Crippen molar-refractivity contribution >= 4 is 5.97 Å². The average Bonchev–Trinajstić information content (AvgIpc) is 2.81. The third kappa shape index (κ3) is 5.76. The van der Waals surface area contributed by atoms with Crippen LogP contribution in [-0.2, 0) is 30.2 Å². The van der Waals surface area contributed by atoms with Crippen LogP contribution in [0.3, 0.4) is 0 Å². The Bertz CT molecular complexity index is 835. The zero-order chi connectivity index (χ0) is 25.2. The predicted octanol–water partition coefficient (Wildman–Crippen LogP) is -2.77. The number of carbonyl (C=O) groups is 1. The second kappa shape index (κ2) is 11.1. The smallest absolute Gasteiger partial charge is 0.306 e. The SMILES string of the molecule is C[C@@H]1O[C@@H](O[C@H]2[C@H](OC(=O)CCc3ccc(O)c(O)c3)[C@@H](CO)OC(O)[C@@H]2O)[C@H](O)[C@H](O)[C@@H]1O. The molecule has 0 amide bonds. The van der Waals surface area contributed by atoms with Gasteiger partial charge in [0.05, 0.1) is 12.7 Å². The third-order valence-electron chi connectivity index (χ3n) is 5.84. The number of aryl methyl sites for hydroxylation is 1. The quantitative estimate of drug-likeness (QED) is 0.144. The van der Waals surface area contributed by atoms with Crippen LogP contribution in [0, 0.1) is 0 Å². The summed E-state index contributed by atoms with van der Waals surface area (Å²) in [6.45, 7) is 0.694. The van der Waals surface area contributed by atoms with Crippen LogP contribution in [0.4, 0.5) is 0 Å². The summed E-state index contributed by atoms with van der Waals surface area (Å²) in [5.41, 5.74) is 0.523. The second-order valence-electron chi connectivity index (χ2n) is 8.30. The topological polar surface area (TPSA) is 216 Å². The lowest BCUT2D eigenvalue weighted by atomic mass is 9.97. The van der Waals surface area contributed by atoms with E-state index in [1.807, 2.05) is 0 Å². The van der Waals surface area contributed by atoms with Crippen molar-refractivity contribution in [1.82, 2.24) is 0 Å². The number of phenolic OH excluding ortho intramolecular Hbond substituents is 2. The van der Waals surface area contributed by atoms with Crippen LogP contribution in [0.5, 0.6) is 11.5 Å². The molecule has 3 rings (SSSR count). The summed E-state index contributed by atoms with van der Waals surface area (Å²) < 4.78 is 21.4. The van der Waals surface area contributed by atoms with E-state index in [1.165, 1.54) is 25.1 Å². The molecular weight excluding hydrogens is 460 g/mol. The summed E-state index contributed by atoms with van der Waals surface area (Å²) in [4.78, 5) is 12.5. The van der Waals surface area contributed by atoms with Crippen LogP contribution in [-0.4, -0.2) is 115 Å². The van der Waals surface area contributed by atoms with Gasteiger partial charge in [0.25, 0.3) is 0 Å². The lowest BCUT2D eigenvalue weighted by Gasteiger charge is -2.45. The van der Waals surface area contributed by atoms with E-state index >= 15 is 0 Å². The van der Waals surface area contributed by atoms with Gasteiger partial charge in [-0.15, -0.1) is 0 Å². The van der Waals surface area contributed by atoms with Crippen molar-refractivity contribution in [3.8, 4) is 11.5 Å². The fraction of sp³-hybridized carbons (Fsp3) is 0.667. The summed E-state index contributed by atoms with van der Waals surface area (Å²) >= 11 is 0. The Labute approximate surface area is 194 Å². The maximum atomic E-state index is 12.5. The van der Waals surface area contributed by atoms with Gasteiger partial charge < -0.3 is 59.8 Å². The number of hydrogen-bond donors (Lipinski definition) is 8. The van der Waals surface area contributed by atoms with Gasteiger partial charge in [-0.05, 0) is 31.0 Å². The molecule has 34 heavy (non-hydrogen) atoms. The van der Waals surface area contributed by atoms with E-state index in [0.29, 0.717) is 5.56 Å². The van der Waals surface area contributed by atoms with Gasteiger partial charge in [-0.2, -0.15) is 0 Å². The van der Waals surface area contributed by atoms with Crippen molar-refractivity contribution in [3.05, 3.63) is 23.8 Å². The summed E-state index contributed by atoms with van der Waals surface area (Å²) in [5.74, 6) is -1.47. The molecule has 2 aliphatic heterocycles. The molecule has 2 fully saturated rings. The number of phenols is 2. The number of esters is 1. The maximum absolute atomic E-state index is 12.5. The first-order chi connectivity index (χ1) is 16.0. The van der Waals surface area contributed by atoms with E-state index in [4.69, 9.17) is 18.9 Å². The number of rotatable bonds is 7. The van der Waals surface area contributed by atoms with Gasteiger partial charge in [0, 0.05) is 6.42 Å². The standard InChI is InChI=1S/C21H30O13/c1-8-14(26)15(27)16(28)21(31-8)34-19-17(29)20(30)32-12(7-22)18(19)33-13(25)5-3-9-2-4-10(23)11(24)6-9/h2,4,6,8,12,14-24,26-30H,3,5,7H2,1H3/t8-,12+,14+,15+,16+,17+,18+,19+,20?,21-/m0/s1. The Balaban J connectivity index is 1.72. The zero-order valence-electron chi connectivity index (χ0n) is 18.2. The van der Waals surface area contributed by atoms with E-state index in [0.717, 1.165) is 0 Å². The molecule has 1 aromatic carbocycles. The van der Waals surface area contributed by atoms with Crippen LogP contribution in [0.15, 0.2) is 18.2 Å². The second-order valence-corrected chi connectivity index (χ2v) is 8.30. The number of carbonyl (C=O) groups excluding carboxylic acids is 1. The van der Waals surface area contributed by atoms with E-state index < -0.39 is 74.0 Å². The Morgan fingerprint density at radius 3 is 2.29 bits per heavy atom. The Kier molecular flexibility index (Phi) is 8.67. The first kappa shape index (κ1) is 26.5. The molecule has 0 spiro atoms. The average molecular weight is 490 g/mol. The fourth-order valence-electron chi connectivity index (χ4n) is 3.82. The largest absolute Gasteiger partial charge is 0.504 e. The Hall–Kier alpha value is -2.07. The number of aromatic hydroxyl groups is 2. The predicted molar refractivity (Wildman–Crippen MR) is 109 cm³/mol. The molecule has 1 unspecified atom stereocenters. The lowest BCUT2D eigenvalue weighted by molar-refractivity contribution is -0.353. The Morgan fingerprint density at radius 1 is 0.941 bits per heavy atom. The number of ether oxygens (including phenoxy) is 4. The molecule has 0 bridgehead atoms. The Morgan fingerprint density at radius 2 is 1.65 bits per heavy atom. The van der Waals surface area contributed by atoms with E-state index in [2.05, 4.69) is 0 Å². The lowest BCUT2D eigenvalue weighted by Crippen LogP contribution is -2.64. The highest BCUT2D eigenvalue weighted by atomic mass is 16.7. The minimum absolute atomic E-state index is 0.118. The molecule has 2 heterocycles. The van der Waals surface area contributed by atoms with Crippen molar-refractivity contribution in [3.63, 3.8) is 0 Å². The molecule has 192 valence electrons. The van der Waals surface area contributed by atoms with Gasteiger partial charge in [-0.3, -0.25) is 4.79 Å². The molecule has 2 aliphatic rings. The van der Waals surface area contributed by atoms with E-state index in [1.54, 1.807) is 0 Å². The van der Waals surface area contributed by atoms with Gasteiger partial charge >= 0.3 is 5.97 Å². The van der Waals surface area contributed by atoms with E-state index in [-0.39, 0.29) is 24.3 Å². The van der Waals surface area contributed by atoms with Crippen LogP contribution in [0.2, 0.25) is 0 Å². The first-order valence-electron chi connectivity index (χ1n) is 10.7. The van der Waals surface area contributed by atoms with Crippen LogP contribution >= 0.6 is 0 Å². The van der Waals surface area contributed by atoms with Gasteiger partial charge in [-0.25, -0.2) is 0 Å². The highest BCUT2D eigenvalue weighted by Crippen LogP contribution is 2.30. The molecule has 8 N–H and O–H groups in total. The van der Waals surface area contributed by atoms with Crippen molar-refractivity contribution < 1.29 is 64.6 Å². The van der Waals surface area contributed by atoms with Gasteiger partial charge in [-0.1, -0.05) is 6.07 Å². The molecule has 1 aromatic rings. The van der Waals surface area contributed by atoms with Crippen molar-refractivity contribution in [2.24, 2.45) is 0 Å². The first-order valence-corrected chi connectivity index (χ1v) is 10.7. The van der Waals surface area contributed by atoms with Crippen molar-refractivity contribution in [2.45, 2.75) is 81.2 Å². The molecule has 0 aliphatic carbocycles. The minimum Gasteiger partial charge on any atom is -0.504 e. The number of aliphatic hydroxyl groups excluding tert-OH is 6. The van der Waals surface area contributed by atoms with Crippen LogP contribution in [0.25, 0.3) is 0 Å². The zero-order valence-corrected chi connectivity index (χ0v) is 18.2. The monoisotopic (exact) mass is 490 g/mol. The summed E-state index contributed by atoms with van der Waals surface area (Å²) in [5, 5.41) is 79.1. The van der Waals surface area contributed by atoms with Crippen molar-refractivity contribution in [2.75, 3.05) is 6.61 Å². The van der Waals surface area contributed by atoms with Gasteiger partial charge in [0.1, 0.15) is 36.6 Å². The molecule has 0 aromatic heterocycles. The number of benzene rings is 1. The molecule has 0 radical (unpaired) electrons. The molecule has 13 heteroatoms. The summed E-state index contributed by atoms with van der Waals surface area (Å²) in [6, 6.07) is 4.03. The highest BCUT2D eigenvalue weighted by molar-refractivity contribution is 5.70. The molecule has 10 atom stereocenters. The molecule has 13 nitrogen and oxygen atoms in total. The van der Waals surface area contributed by atoms with E-state index in [9.17, 15) is 45.6 Å². The van der Waals surface area contributed by atoms with Crippen LogP contribution < -0.4 is 0 Å². The normalized spacial score (nSPS) is 38.4. The molecule has 0 saturated carbocycles. The number of hydrogen-bond acceptors (Lipinski definition) is 13. The molecule has 2 saturated heterocycles. The van der Waals surface area contributed by atoms with Crippen molar-refractivity contribution in [1.29, 1.82) is 0 Å². The minimum atomic E-state index is -1.83. The van der Waals surface area contributed by atoms with Gasteiger partial charge in [0.15, 0.2) is 30.2 Å². The third-order valence-corrected chi connectivity index (χ3v) is 5.84. The van der Waals surface area contributed by atoms with Crippen LogP contribution in [0.1, 0.15) is 18.9 Å². The van der Waals surface area contributed by atoms with Gasteiger partial charge in [0.2, 0.25) is 0 Å². The fourth-order valence-corrected chi connectivity index (χ4v) is 3.82. The maximum Gasteiger partial charge on any atom is 0.306 e. The number of aliphatic hydroxyl groups is 6. The molecular formula is C21H30O13. The summed E-state index contributed by atoms with van der Waals surface area (Å²) in [6.07, 6.45) is -15.3. The summed E-state index contributed by atoms with van der Waals surface area (Å²) in [7, 11) is 0.